The summed E-state index contributed by atoms with van der Waals surface area (Å²) >= 11 is 3.27. The standard InChI is InChI=1S/C17H18BrF2N/c1-2-9-21-17(10-12-3-6-14(19)7-4-12)15-8-5-13(18)11-16(15)20/h3-8,11,17,21H,2,9-10H2,1H3. The van der Waals surface area contributed by atoms with Gasteiger partial charge in [0.2, 0.25) is 0 Å². The number of rotatable bonds is 6. The van der Waals surface area contributed by atoms with Gasteiger partial charge in [-0.3, -0.25) is 0 Å². The molecule has 21 heavy (non-hydrogen) atoms. The van der Waals surface area contributed by atoms with Crippen LogP contribution in [-0.2, 0) is 6.42 Å². The molecule has 0 radical (unpaired) electrons. The van der Waals surface area contributed by atoms with Gasteiger partial charge in [0.05, 0.1) is 0 Å². The van der Waals surface area contributed by atoms with E-state index >= 15 is 0 Å². The maximum Gasteiger partial charge on any atom is 0.129 e. The zero-order valence-electron chi connectivity index (χ0n) is 11.9. The van der Waals surface area contributed by atoms with Gasteiger partial charge in [0.25, 0.3) is 0 Å². The van der Waals surface area contributed by atoms with E-state index in [-0.39, 0.29) is 17.7 Å². The minimum Gasteiger partial charge on any atom is -0.310 e. The van der Waals surface area contributed by atoms with E-state index < -0.39 is 0 Å². The summed E-state index contributed by atoms with van der Waals surface area (Å²) in [4.78, 5) is 0. The van der Waals surface area contributed by atoms with Crippen molar-refractivity contribution in [3.63, 3.8) is 0 Å². The highest BCUT2D eigenvalue weighted by Crippen LogP contribution is 2.24. The van der Waals surface area contributed by atoms with E-state index in [0.717, 1.165) is 23.0 Å². The Morgan fingerprint density at radius 1 is 1.10 bits per heavy atom. The van der Waals surface area contributed by atoms with E-state index in [1.807, 2.05) is 6.07 Å². The molecule has 1 nitrogen and oxygen atoms in total. The third kappa shape index (κ3) is 4.61. The lowest BCUT2D eigenvalue weighted by Crippen LogP contribution is -2.25. The van der Waals surface area contributed by atoms with Gasteiger partial charge in [-0.1, -0.05) is 41.1 Å². The lowest BCUT2D eigenvalue weighted by atomic mass is 9.98. The number of hydrogen-bond acceptors (Lipinski definition) is 1. The molecule has 112 valence electrons. The Bertz CT molecular complexity index is 584. The zero-order chi connectivity index (χ0) is 15.2. The maximum atomic E-state index is 14.2. The van der Waals surface area contributed by atoms with Gasteiger partial charge < -0.3 is 5.32 Å². The van der Waals surface area contributed by atoms with E-state index in [1.165, 1.54) is 18.2 Å². The molecule has 0 amide bonds. The molecule has 4 heteroatoms. The van der Waals surface area contributed by atoms with E-state index in [9.17, 15) is 8.78 Å². The smallest absolute Gasteiger partial charge is 0.129 e. The van der Waals surface area contributed by atoms with Gasteiger partial charge in [-0.15, -0.1) is 0 Å². The van der Waals surface area contributed by atoms with Crippen LogP contribution < -0.4 is 5.32 Å². The fourth-order valence-corrected chi connectivity index (χ4v) is 2.58. The molecule has 0 bridgehead atoms. The van der Waals surface area contributed by atoms with Crippen molar-refractivity contribution in [2.75, 3.05) is 6.54 Å². The first-order valence-corrected chi connectivity index (χ1v) is 7.82. The Morgan fingerprint density at radius 2 is 1.81 bits per heavy atom. The van der Waals surface area contributed by atoms with Crippen molar-refractivity contribution in [1.29, 1.82) is 0 Å². The predicted octanol–water partition coefficient (Wildman–Crippen LogP) is 5.01. The van der Waals surface area contributed by atoms with Gasteiger partial charge >= 0.3 is 0 Å². The fourth-order valence-electron chi connectivity index (χ4n) is 2.25. The second-order valence-electron chi connectivity index (χ2n) is 5.00. The molecule has 0 aliphatic carbocycles. The quantitative estimate of drug-likeness (QED) is 0.769. The van der Waals surface area contributed by atoms with Crippen LogP contribution in [0, 0.1) is 11.6 Å². The summed E-state index contributed by atoms with van der Waals surface area (Å²) < 4.78 is 27.9. The molecule has 0 saturated carbocycles. The number of halogens is 3. The molecular weight excluding hydrogens is 336 g/mol. The number of benzene rings is 2. The molecule has 0 aliphatic heterocycles. The van der Waals surface area contributed by atoms with Crippen molar-refractivity contribution in [3.8, 4) is 0 Å². The van der Waals surface area contributed by atoms with Crippen LogP contribution in [0.25, 0.3) is 0 Å². The van der Waals surface area contributed by atoms with Crippen LogP contribution >= 0.6 is 15.9 Å². The molecule has 1 unspecified atom stereocenters. The van der Waals surface area contributed by atoms with Crippen LogP contribution in [0.1, 0.15) is 30.5 Å². The Hall–Kier alpha value is -1.26. The van der Waals surface area contributed by atoms with Crippen LogP contribution in [0.15, 0.2) is 46.9 Å². The van der Waals surface area contributed by atoms with E-state index in [4.69, 9.17) is 0 Å². The van der Waals surface area contributed by atoms with Crippen molar-refractivity contribution in [2.45, 2.75) is 25.8 Å². The van der Waals surface area contributed by atoms with Crippen LogP contribution in [-0.4, -0.2) is 6.54 Å². The summed E-state index contributed by atoms with van der Waals surface area (Å²) in [5.41, 5.74) is 1.61. The largest absolute Gasteiger partial charge is 0.310 e. The van der Waals surface area contributed by atoms with Gasteiger partial charge in [0.1, 0.15) is 11.6 Å². The van der Waals surface area contributed by atoms with Crippen LogP contribution in [0.5, 0.6) is 0 Å². The molecule has 2 aromatic rings. The molecule has 0 aliphatic rings. The summed E-state index contributed by atoms with van der Waals surface area (Å²) in [7, 11) is 0. The van der Waals surface area contributed by atoms with Crippen molar-refractivity contribution in [1.82, 2.24) is 5.32 Å². The Morgan fingerprint density at radius 3 is 2.43 bits per heavy atom. The molecule has 0 saturated heterocycles. The monoisotopic (exact) mass is 353 g/mol. The fraction of sp³-hybridized carbons (Fsp3) is 0.294. The van der Waals surface area contributed by atoms with Gasteiger partial charge in [-0.2, -0.15) is 0 Å². The molecule has 2 rings (SSSR count). The molecule has 1 N–H and O–H groups in total. The topological polar surface area (TPSA) is 12.0 Å². The van der Waals surface area contributed by atoms with Crippen molar-refractivity contribution >= 4 is 15.9 Å². The Kier molecular flexibility index (Phi) is 5.88. The van der Waals surface area contributed by atoms with Crippen LogP contribution in [0.3, 0.4) is 0 Å². The normalized spacial score (nSPS) is 12.4. The maximum absolute atomic E-state index is 14.2. The zero-order valence-corrected chi connectivity index (χ0v) is 13.5. The Balaban J connectivity index is 2.22. The predicted molar refractivity (Wildman–Crippen MR) is 85.2 cm³/mol. The van der Waals surface area contributed by atoms with Crippen molar-refractivity contribution in [2.24, 2.45) is 0 Å². The molecule has 0 heterocycles. The van der Waals surface area contributed by atoms with Gasteiger partial charge in [-0.25, -0.2) is 8.78 Å². The highest BCUT2D eigenvalue weighted by molar-refractivity contribution is 9.10. The first-order chi connectivity index (χ1) is 10.1. The average molecular weight is 354 g/mol. The van der Waals surface area contributed by atoms with Gasteiger partial charge in [-0.05, 0) is 49.2 Å². The van der Waals surface area contributed by atoms with E-state index in [0.29, 0.717) is 12.0 Å². The van der Waals surface area contributed by atoms with Crippen molar-refractivity contribution < 1.29 is 8.78 Å². The lowest BCUT2D eigenvalue weighted by Gasteiger charge is -2.20. The van der Waals surface area contributed by atoms with Gasteiger partial charge in [0, 0.05) is 16.1 Å². The summed E-state index contributed by atoms with van der Waals surface area (Å²) in [6.07, 6.45) is 1.59. The van der Waals surface area contributed by atoms with Gasteiger partial charge in [0.15, 0.2) is 0 Å². The highest BCUT2D eigenvalue weighted by atomic mass is 79.9. The molecule has 2 aromatic carbocycles. The van der Waals surface area contributed by atoms with E-state index in [1.54, 1.807) is 18.2 Å². The third-order valence-electron chi connectivity index (χ3n) is 3.33. The third-order valence-corrected chi connectivity index (χ3v) is 3.82. The van der Waals surface area contributed by atoms with Crippen molar-refractivity contribution in [3.05, 3.63) is 69.7 Å². The summed E-state index contributed by atoms with van der Waals surface area (Å²) in [6.45, 7) is 2.88. The SMILES string of the molecule is CCCNC(Cc1ccc(F)cc1)c1ccc(Br)cc1F. The molecular formula is C17H18BrF2N. The summed E-state index contributed by atoms with van der Waals surface area (Å²) in [5, 5.41) is 3.36. The van der Waals surface area contributed by atoms with Crippen LogP contribution in [0.4, 0.5) is 8.78 Å². The Labute approximate surface area is 132 Å². The highest BCUT2D eigenvalue weighted by Gasteiger charge is 2.16. The average Bonchev–Trinajstić information content (AvgIpc) is 2.46. The molecule has 0 spiro atoms. The van der Waals surface area contributed by atoms with E-state index in [2.05, 4.69) is 28.2 Å². The first kappa shape index (κ1) is 16.1. The lowest BCUT2D eigenvalue weighted by molar-refractivity contribution is 0.496. The summed E-state index contributed by atoms with van der Waals surface area (Å²) in [6, 6.07) is 11.3. The molecule has 1 atom stereocenters. The minimum absolute atomic E-state index is 0.122. The number of hydrogen-bond donors (Lipinski definition) is 1. The summed E-state index contributed by atoms with van der Waals surface area (Å²) in [5.74, 6) is -0.494. The van der Waals surface area contributed by atoms with Crippen LogP contribution in [0.2, 0.25) is 0 Å². The number of nitrogens with one attached hydrogen (secondary N) is 1. The first-order valence-electron chi connectivity index (χ1n) is 7.03. The molecule has 0 fully saturated rings. The second kappa shape index (κ2) is 7.66. The second-order valence-corrected chi connectivity index (χ2v) is 5.92. The minimum atomic E-state index is -0.258. The molecule has 0 aromatic heterocycles.